The van der Waals surface area contributed by atoms with Gasteiger partial charge in [-0.2, -0.15) is 0 Å². The number of aliphatic hydroxyl groups is 1. The molecular formula is C19H23NO5. The molecule has 0 saturated carbocycles. The van der Waals surface area contributed by atoms with Crippen LogP contribution in [-0.2, 0) is 25.7 Å². The molecule has 2 aromatic rings. The lowest BCUT2D eigenvalue weighted by Gasteiger charge is -2.22. The number of carbonyl (C=O) groups is 2. The van der Waals surface area contributed by atoms with Gasteiger partial charge in [-0.3, -0.25) is 4.79 Å². The number of rotatable bonds is 8. The van der Waals surface area contributed by atoms with Gasteiger partial charge in [-0.15, -0.1) is 0 Å². The van der Waals surface area contributed by atoms with Gasteiger partial charge in [0.25, 0.3) is 0 Å². The SMILES string of the molecule is CCOC(=O)[C@@H](O)[C@@H](COCc1ccc2ccccc2c1)NC(C)=O. The Morgan fingerprint density at radius 2 is 1.88 bits per heavy atom. The predicted octanol–water partition coefficient (Wildman–Crippen LogP) is 1.79. The minimum absolute atomic E-state index is 0.00755. The number of nitrogens with one attached hydrogen (secondary N) is 1. The van der Waals surface area contributed by atoms with E-state index >= 15 is 0 Å². The Kier molecular flexibility index (Phi) is 6.91. The smallest absolute Gasteiger partial charge is 0.337 e. The van der Waals surface area contributed by atoms with Gasteiger partial charge in [0.2, 0.25) is 5.91 Å². The lowest BCUT2D eigenvalue weighted by Crippen LogP contribution is -2.49. The molecule has 0 aromatic heterocycles. The molecule has 2 rings (SSSR count). The molecule has 2 aromatic carbocycles. The fourth-order valence-electron chi connectivity index (χ4n) is 2.50. The summed E-state index contributed by atoms with van der Waals surface area (Å²) >= 11 is 0. The summed E-state index contributed by atoms with van der Waals surface area (Å²) in [7, 11) is 0. The first kappa shape index (κ1) is 18.9. The van der Waals surface area contributed by atoms with Gasteiger partial charge in [-0.1, -0.05) is 36.4 Å². The van der Waals surface area contributed by atoms with E-state index in [0.29, 0.717) is 6.61 Å². The van der Waals surface area contributed by atoms with Crippen molar-refractivity contribution in [2.24, 2.45) is 0 Å². The van der Waals surface area contributed by atoms with Gasteiger partial charge in [-0.05, 0) is 29.3 Å². The van der Waals surface area contributed by atoms with E-state index in [2.05, 4.69) is 5.32 Å². The number of hydrogen-bond donors (Lipinski definition) is 2. The van der Waals surface area contributed by atoms with Crippen molar-refractivity contribution in [1.82, 2.24) is 5.32 Å². The molecule has 25 heavy (non-hydrogen) atoms. The monoisotopic (exact) mass is 345 g/mol. The molecule has 2 atom stereocenters. The van der Waals surface area contributed by atoms with Crippen molar-refractivity contribution in [3.63, 3.8) is 0 Å². The van der Waals surface area contributed by atoms with Crippen LogP contribution in [0.15, 0.2) is 42.5 Å². The van der Waals surface area contributed by atoms with Gasteiger partial charge in [-0.25, -0.2) is 4.79 Å². The Morgan fingerprint density at radius 1 is 1.16 bits per heavy atom. The van der Waals surface area contributed by atoms with Crippen LogP contribution in [0, 0.1) is 0 Å². The van der Waals surface area contributed by atoms with Crippen LogP contribution in [-0.4, -0.2) is 42.3 Å². The molecule has 1 amide bonds. The Bertz CT molecular complexity index is 731. The van der Waals surface area contributed by atoms with Crippen molar-refractivity contribution in [2.45, 2.75) is 32.6 Å². The van der Waals surface area contributed by atoms with Crippen molar-refractivity contribution in [1.29, 1.82) is 0 Å². The van der Waals surface area contributed by atoms with E-state index in [1.807, 2.05) is 42.5 Å². The van der Waals surface area contributed by atoms with E-state index in [-0.39, 0.29) is 19.1 Å². The second kappa shape index (κ2) is 9.15. The third-order valence-corrected chi connectivity index (χ3v) is 3.68. The highest BCUT2D eigenvalue weighted by Gasteiger charge is 2.28. The molecule has 6 nitrogen and oxygen atoms in total. The first-order valence-electron chi connectivity index (χ1n) is 8.18. The molecular weight excluding hydrogens is 322 g/mol. The topological polar surface area (TPSA) is 84.9 Å². The molecule has 0 heterocycles. The summed E-state index contributed by atoms with van der Waals surface area (Å²) in [5.41, 5.74) is 0.964. The largest absolute Gasteiger partial charge is 0.464 e. The maximum absolute atomic E-state index is 11.7. The Balaban J connectivity index is 1.96. The molecule has 0 saturated heterocycles. The Labute approximate surface area is 146 Å². The van der Waals surface area contributed by atoms with Crippen molar-refractivity contribution < 1.29 is 24.2 Å². The molecule has 134 valence electrons. The van der Waals surface area contributed by atoms with E-state index in [1.165, 1.54) is 6.92 Å². The number of carbonyl (C=O) groups excluding carboxylic acids is 2. The third kappa shape index (κ3) is 5.55. The van der Waals surface area contributed by atoms with Gasteiger partial charge in [0.1, 0.15) is 0 Å². The van der Waals surface area contributed by atoms with Crippen LogP contribution in [0.3, 0.4) is 0 Å². The summed E-state index contributed by atoms with van der Waals surface area (Å²) in [6.45, 7) is 3.41. The summed E-state index contributed by atoms with van der Waals surface area (Å²) in [5, 5.41) is 14.8. The summed E-state index contributed by atoms with van der Waals surface area (Å²) < 4.78 is 10.4. The van der Waals surface area contributed by atoms with Crippen molar-refractivity contribution in [2.75, 3.05) is 13.2 Å². The second-order valence-corrected chi connectivity index (χ2v) is 5.70. The number of hydrogen-bond acceptors (Lipinski definition) is 5. The zero-order valence-electron chi connectivity index (χ0n) is 14.4. The van der Waals surface area contributed by atoms with E-state index in [9.17, 15) is 14.7 Å². The fourth-order valence-corrected chi connectivity index (χ4v) is 2.50. The first-order valence-corrected chi connectivity index (χ1v) is 8.18. The maximum atomic E-state index is 11.7. The molecule has 0 bridgehead atoms. The predicted molar refractivity (Wildman–Crippen MR) is 93.8 cm³/mol. The van der Waals surface area contributed by atoms with Gasteiger partial charge < -0.3 is 19.9 Å². The lowest BCUT2D eigenvalue weighted by atomic mass is 10.1. The van der Waals surface area contributed by atoms with Crippen LogP contribution < -0.4 is 5.32 Å². The summed E-state index contributed by atoms with van der Waals surface area (Å²) in [4.78, 5) is 23.0. The average Bonchev–Trinajstić information content (AvgIpc) is 2.60. The standard InChI is InChI=1S/C19H23NO5/c1-3-25-19(23)18(22)17(20-13(2)21)12-24-11-14-8-9-15-6-4-5-7-16(15)10-14/h4-10,17-18,22H,3,11-12H2,1-2H3,(H,20,21)/t17-,18+/m1/s1. The Morgan fingerprint density at radius 3 is 2.56 bits per heavy atom. The molecule has 0 aliphatic carbocycles. The van der Waals surface area contributed by atoms with Crippen LogP contribution in [0.4, 0.5) is 0 Å². The number of ether oxygens (including phenoxy) is 2. The lowest BCUT2D eigenvalue weighted by molar-refractivity contribution is -0.156. The highest BCUT2D eigenvalue weighted by Crippen LogP contribution is 2.16. The molecule has 0 unspecified atom stereocenters. The minimum Gasteiger partial charge on any atom is -0.464 e. The fraction of sp³-hybridized carbons (Fsp3) is 0.368. The number of fused-ring (bicyclic) bond motifs is 1. The van der Waals surface area contributed by atoms with Crippen molar-refractivity contribution in [3.8, 4) is 0 Å². The normalized spacial score (nSPS) is 13.2. The molecule has 2 N–H and O–H groups in total. The highest BCUT2D eigenvalue weighted by atomic mass is 16.5. The maximum Gasteiger partial charge on any atom is 0.337 e. The van der Waals surface area contributed by atoms with Crippen LogP contribution >= 0.6 is 0 Å². The van der Waals surface area contributed by atoms with E-state index in [1.54, 1.807) is 6.92 Å². The summed E-state index contributed by atoms with van der Waals surface area (Å²) in [5.74, 6) is -1.14. The van der Waals surface area contributed by atoms with Crippen LogP contribution in [0.5, 0.6) is 0 Å². The zero-order valence-corrected chi connectivity index (χ0v) is 14.4. The van der Waals surface area contributed by atoms with E-state index in [0.717, 1.165) is 16.3 Å². The van der Waals surface area contributed by atoms with E-state index in [4.69, 9.17) is 9.47 Å². The quantitative estimate of drug-likeness (QED) is 0.713. The average molecular weight is 345 g/mol. The van der Waals surface area contributed by atoms with Gasteiger partial charge in [0, 0.05) is 6.92 Å². The molecule has 0 aliphatic heterocycles. The molecule has 0 radical (unpaired) electrons. The van der Waals surface area contributed by atoms with Gasteiger partial charge in [0.15, 0.2) is 6.10 Å². The molecule has 6 heteroatoms. The summed E-state index contributed by atoms with van der Waals surface area (Å²) in [6.07, 6.45) is -1.47. The number of amides is 1. The van der Waals surface area contributed by atoms with Gasteiger partial charge in [0.05, 0.1) is 25.9 Å². The van der Waals surface area contributed by atoms with Crippen molar-refractivity contribution in [3.05, 3.63) is 48.0 Å². The van der Waals surface area contributed by atoms with Crippen LogP contribution in [0.2, 0.25) is 0 Å². The number of aliphatic hydroxyl groups excluding tert-OH is 1. The second-order valence-electron chi connectivity index (χ2n) is 5.70. The van der Waals surface area contributed by atoms with Crippen LogP contribution in [0.1, 0.15) is 19.4 Å². The number of benzene rings is 2. The number of esters is 1. The third-order valence-electron chi connectivity index (χ3n) is 3.68. The summed E-state index contributed by atoms with van der Waals surface area (Å²) in [6, 6.07) is 13.1. The molecule has 0 aliphatic rings. The van der Waals surface area contributed by atoms with Crippen LogP contribution in [0.25, 0.3) is 10.8 Å². The highest BCUT2D eigenvalue weighted by molar-refractivity contribution is 5.83. The minimum atomic E-state index is -1.47. The Hall–Kier alpha value is -2.44. The zero-order chi connectivity index (χ0) is 18.2. The van der Waals surface area contributed by atoms with Crippen molar-refractivity contribution >= 4 is 22.6 Å². The van der Waals surface area contributed by atoms with Gasteiger partial charge >= 0.3 is 5.97 Å². The molecule has 0 fully saturated rings. The first-order chi connectivity index (χ1) is 12.0. The molecule has 0 spiro atoms. The van der Waals surface area contributed by atoms with E-state index < -0.39 is 18.1 Å².